The quantitative estimate of drug-likeness (QED) is 0.731. The lowest BCUT2D eigenvalue weighted by atomic mass is 10.2. The molecule has 22 heavy (non-hydrogen) atoms. The van der Waals surface area contributed by atoms with Crippen LogP contribution in [-0.2, 0) is 0 Å². The molecule has 1 heterocycles. The number of hydrogen-bond acceptors (Lipinski definition) is 4. The monoisotopic (exact) mass is 335 g/mol. The van der Waals surface area contributed by atoms with Crippen LogP contribution in [0.2, 0.25) is 10.0 Å². The Labute approximate surface area is 136 Å². The third kappa shape index (κ3) is 2.77. The SMILES string of the molecule is Cc1cc(Cl)cc(Cl)c1OCC(=O)n1nnc2ccccc21. The number of rotatable bonds is 3. The maximum Gasteiger partial charge on any atom is 0.286 e. The van der Waals surface area contributed by atoms with Crippen molar-refractivity contribution in [2.45, 2.75) is 6.92 Å². The lowest BCUT2D eigenvalue weighted by molar-refractivity contribution is 0.0824. The molecule has 0 atom stereocenters. The van der Waals surface area contributed by atoms with Gasteiger partial charge < -0.3 is 4.74 Å². The first-order valence-electron chi connectivity index (χ1n) is 6.48. The van der Waals surface area contributed by atoms with Gasteiger partial charge in [0.25, 0.3) is 5.91 Å². The second kappa shape index (κ2) is 5.94. The predicted octanol–water partition coefficient (Wildman–Crippen LogP) is 3.77. The van der Waals surface area contributed by atoms with Gasteiger partial charge in [0.05, 0.1) is 10.5 Å². The summed E-state index contributed by atoms with van der Waals surface area (Å²) in [6, 6.07) is 10.5. The highest BCUT2D eigenvalue weighted by molar-refractivity contribution is 6.35. The highest BCUT2D eigenvalue weighted by atomic mass is 35.5. The first kappa shape index (κ1) is 14.8. The molecule has 0 aliphatic rings. The number of ether oxygens (including phenoxy) is 1. The highest BCUT2D eigenvalue weighted by Crippen LogP contribution is 2.31. The maximum atomic E-state index is 12.2. The second-order valence-corrected chi connectivity index (χ2v) is 5.55. The van der Waals surface area contributed by atoms with E-state index >= 15 is 0 Å². The fourth-order valence-corrected chi connectivity index (χ4v) is 2.77. The summed E-state index contributed by atoms with van der Waals surface area (Å²) in [5.41, 5.74) is 2.04. The number of carbonyl (C=O) groups is 1. The number of benzene rings is 2. The summed E-state index contributed by atoms with van der Waals surface area (Å²) in [4.78, 5) is 12.2. The van der Waals surface area contributed by atoms with Crippen molar-refractivity contribution in [3.63, 3.8) is 0 Å². The Hall–Kier alpha value is -2.11. The molecule has 0 amide bonds. The number of aromatic nitrogens is 3. The molecule has 0 aliphatic heterocycles. The van der Waals surface area contributed by atoms with Gasteiger partial charge >= 0.3 is 0 Å². The van der Waals surface area contributed by atoms with Crippen LogP contribution < -0.4 is 4.74 Å². The normalized spacial score (nSPS) is 10.9. The Morgan fingerprint density at radius 3 is 2.82 bits per heavy atom. The molecule has 0 N–H and O–H groups in total. The largest absolute Gasteiger partial charge is 0.482 e. The van der Waals surface area contributed by atoms with Crippen molar-refractivity contribution in [2.75, 3.05) is 6.61 Å². The number of fused-ring (bicyclic) bond motifs is 1. The van der Waals surface area contributed by atoms with Gasteiger partial charge in [0.15, 0.2) is 6.61 Å². The minimum absolute atomic E-state index is 0.199. The Morgan fingerprint density at radius 2 is 2.05 bits per heavy atom. The van der Waals surface area contributed by atoms with E-state index in [0.717, 1.165) is 5.56 Å². The highest BCUT2D eigenvalue weighted by Gasteiger charge is 2.14. The van der Waals surface area contributed by atoms with Crippen LogP contribution in [0, 0.1) is 6.92 Å². The maximum absolute atomic E-state index is 12.2. The van der Waals surface area contributed by atoms with Crippen molar-refractivity contribution in [3.8, 4) is 5.75 Å². The first-order chi connectivity index (χ1) is 10.6. The number of aryl methyl sites for hydroxylation is 1. The topological polar surface area (TPSA) is 57.0 Å². The number of carbonyl (C=O) groups excluding carboxylic acids is 1. The molecule has 5 nitrogen and oxygen atoms in total. The standard InChI is InChI=1S/C15H11Cl2N3O2/c1-9-6-10(16)7-11(17)15(9)22-8-14(21)20-13-5-3-2-4-12(13)18-19-20/h2-7H,8H2,1H3. The smallest absolute Gasteiger partial charge is 0.286 e. The summed E-state index contributed by atoms with van der Waals surface area (Å²) in [7, 11) is 0. The van der Waals surface area contributed by atoms with Crippen molar-refractivity contribution >= 4 is 40.1 Å². The molecule has 0 fully saturated rings. The third-order valence-corrected chi connectivity index (χ3v) is 3.62. The van der Waals surface area contributed by atoms with E-state index in [2.05, 4.69) is 10.3 Å². The molecule has 0 saturated heterocycles. The van der Waals surface area contributed by atoms with Gasteiger partial charge in [0.2, 0.25) is 0 Å². The summed E-state index contributed by atoms with van der Waals surface area (Å²) in [6.45, 7) is 1.61. The van der Waals surface area contributed by atoms with Crippen LogP contribution in [0.25, 0.3) is 11.0 Å². The van der Waals surface area contributed by atoms with Crippen LogP contribution in [0.3, 0.4) is 0 Å². The van der Waals surface area contributed by atoms with E-state index in [-0.39, 0.29) is 12.5 Å². The van der Waals surface area contributed by atoms with Gasteiger partial charge in [-0.05, 0) is 36.8 Å². The van der Waals surface area contributed by atoms with Crippen LogP contribution >= 0.6 is 23.2 Å². The minimum Gasteiger partial charge on any atom is -0.482 e. The van der Waals surface area contributed by atoms with Crippen molar-refractivity contribution in [1.29, 1.82) is 0 Å². The van der Waals surface area contributed by atoms with E-state index in [4.69, 9.17) is 27.9 Å². The molecular formula is C15H11Cl2N3O2. The van der Waals surface area contributed by atoms with Crippen LogP contribution in [0.5, 0.6) is 5.75 Å². The zero-order chi connectivity index (χ0) is 15.7. The van der Waals surface area contributed by atoms with Crippen LogP contribution in [-0.4, -0.2) is 27.5 Å². The van der Waals surface area contributed by atoms with Gasteiger partial charge in [0.1, 0.15) is 11.3 Å². The molecule has 0 aliphatic carbocycles. The van der Waals surface area contributed by atoms with E-state index < -0.39 is 0 Å². The summed E-state index contributed by atoms with van der Waals surface area (Å²) >= 11 is 12.0. The van der Waals surface area contributed by atoms with E-state index in [1.807, 2.05) is 19.1 Å². The second-order valence-electron chi connectivity index (χ2n) is 4.71. The molecule has 3 rings (SSSR count). The molecule has 0 radical (unpaired) electrons. The first-order valence-corrected chi connectivity index (χ1v) is 7.24. The number of halogens is 2. The molecule has 112 valence electrons. The van der Waals surface area contributed by atoms with Gasteiger partial charge in [-0.2, -0.15) is 4.68 Å². The summed E-state index contributed by atoms with van der Waals surface area (Å²) in [5, 5.41) is 8.66. The van der Waals surface area contributed by atoms with Crippen LogP contribution in [0.1, 0.15) is 10.4 Å². The summed E-state index contributed by atoms with van der Waals surface area (Å²) in [5.74, 6) is 0.1000. The van der Waals surface area contributed by atoms with Crippen LogP contribution in [0.4, 0.5) is 0 Å². The Morgan fingerprint density at radius 1 is 1.27 bits per heavy atom. The zero-order valence-electron chi connectivity index (χ0n) is 11.6. The fourth-order valence-electron chi connectivity index (χ4n) is 2.12. The Bertz CT molecular complexity index is 838. The zero-order valence-corrected chi connectivity index (χ0v) is 13.1. The summed E-state index contributed by atoms with van der Waals surface area (Å²) < 4.78 is 6.75. The van der Waals surface area contributed by atoms with Crippen molar-refractivity contribution in [2.24, 2.45) is 0 Å². The number of para-hydroxylation sites is 1. The van der Waals surface area contributed by atoms with Gasteiger partial charge in [-0.15, -0.1) is 5.10 Å². The summed E-state index contributed by atoms with van der Waals surface area (Å²) in [6.07, 6.45) is 0. The molecule has 7 heteroatoms. The Kier molecular flexibility index (Phi) is 4.00. The van der Waals surface area contributed by atoms with E-state index in [0.29, 0.717) is 26.8 Å². The molecule has 1 aromatic heterocycles. The molecule has 2 aromatic carbocycles. The number of hydrogen-bond donors (Lipinski definition) is 0. The van der Waals surface area contributed by atoms with Gasteiger partial charge in [-0.25, -0.2) is 0 Å². The molecule has 0 saturated carbocycles. The average Bonchev–Trinajstić information content (AvgIpc) is 2.90. The third-order valence-electron chi connectivity index (χ3n) is 3.12. The predicted molar refractivity (Wildman–Crippen MR) is 84.8 cm³/mol. The fraction of sp³-hybridized carbons (Fsp3) is 0.133. The van der Waals surface area contributed by atoms with Gasteiger partial charge in [-0.1, -0.05) is 40.5 Å². The van der Waals surface area contributed by atoms with Gasteiger partial charge in [0, 0.05) is 5.02 Å². The van der Waals surface area contributed by atoms with Crippen LogP contribution in [0.15, 0.2) is 36.4 Å². The molecule has 0 unspecified atom stereocenters. The molecule has 0 bridgehead atoms. The van der Waals surface area contributed by atoms with Crippen molar-refractivity contribution in [1.82, 2.24) is 15.0 Å². The van der Waals surface area contributed by atoms with Crippen molar-refractivity contribution < 1.29 is 9.53 Å². The molecular weight excluding hydrogens is 325 g/mol. The van der Waals surface area contributed by atoms with Crippen molar-refractivity contribution in [3.05, 3.63) is 52.0 Å². The molecule has 3 aromatic rings. The van der Waals surface area contributed by atoms with E-state index in [1.54, 1.807) is 24.3 Å². The minimum atomic E-state index is -0.334. The van der Waals surface area contributed by atoms with Gasteiger partial charge in [-0.3, -0.25) is 4.79 Å². The molecule has 0 spiro atoms. The lowest BCUT2D eigenvalue weighted by Gasteiger charge is -2.10. The average molecular weight is 336 g/mol. The lowest BCUT2D eigenvalue weighted by Crippen LogP contribution is -2.20. The van der Waals surface area contributed by atoms with E-state index in [9.17, 15) is 4.79 Å². The number of nitrogens with zero attached hydrogens (tertiary/aromatic N) is 3. The Balaban J connectivity index is 1.81. The van der Waals surface area contributed by atoms with E-state index in [1.165, 1.54) is 4.68 Å².